The van der Waals surface area contributed by atoms with Crippen molar-refractivity contribution < 1.29 is 9.84 Å². The molecule has 1 fully saturated rings. The van der Waals surface area contributed by atoms with Crippen LogP contribution in [0.1, 0.15) is 12.8 Å². The van der Waals surface area contributed by atoms with Gasteiger partial charge in [-0.1, -0.05) is 11.3 Å². The highest BCUT2D eigenvalue weighted by atomic mass is 32.1. The minimum Gasteiger partial charge on any atom is -0.508 e. The molecule has 0 radical (unpaired) electrons. The fraction of sp³-hybridized carbons (Fsp3) is 0.375. The molecule has 3 aromatic rings. The van der Waals surface area contributed by atoms with Crippen LogP contribution in [-0.2, 0) is 4.74 Å². The first-order chi connectivity index (χ1) is 11.3. The van der Waals surface area contributed by atoms with Gasteiger partial charge in [-0.05, 0) is 43.0 Å². The summed E-state index contributed by atoms with van der Waals surface area (Å²) in [6.07, 6.45) is 4.14. The summed E-state index contributed by atoms with van der Waals surface area (Å²) in [5, 5.41) is 18.2. The maximum absolute atomic E-state index is 9.35. The maximum Gasteiger partial charge on any atom is 0.214 e. The highest BCUT2D eigenvalue weighted by molar-refractivity contribution is 7.20. The van der Waals surface area contributed by atoms with Crippen molar-refractivity contribution in [3.05, 3.63) is 30.5 Å². The molecule has 0 amide bonds. The Balaban J connectivity index is 1.46. The van der Waals surface area contributed by atoms with Crippen molar-refractivity contribution in [3.8, 4) is 17.0 Å². The second-order valence-corrected chi connectivity index (χ2v) is 6.70. The number of anilines is 1. The number of ether oxygens (including phenoxy) is 1. The van der Waals surface area contributed by atoms with Gasteiger partial charge in [0.25, 0.3) is 0 Å². The molecule has 2 N–H and O–H groups in total. The quantitative estimate of drug-likeness (QED) is 0.769. The van der Waals surface area contributed by atoms with Crippen LogP contribution in [0.25, 0.3) is 16.2 Å². The van der Waals surface area contributed by atoms with Crippen molar-refractivity contribution >= 4 is 21.4 Å². The lowest BCUT2D eigenvalue weighted by Gasteiger charge is -2.21. The van der Waals surface area contributed by atoms with Gasteiger partial charge in [-0.3, -0.25) is 0 Å². The number of fused-ring (bicyclic) bond motifs is 1. The van der Waals surface area contributed by atoms with Crippen molar-refractivity contribution in [3.63, 3.8) is 0 Å². The molecule has 0 aliphatic carbocycles. The van der Waals surface area contributed by atoms with Crippen molar-refractivity contribution in [1.82, 2.24) is 14.6 Å². The topological polar surface area (TPSA) is 71.7 Å². The fourth-order valence-electron chi connectivity index (χ4n) is 2.73. The Hall–Kier alpha value is -2.12. The Morgan fingerprint density at radius 3 is 2.78 bits per heavy atom. The molecule has 1 aliphatic heterocycles. The number of nitrogens with zero attached hydrogens (tertiary/aromatic N) is 3. The van der Waals surface area contributed by atoms with Gasteiger partial charge in [-0.25, -0.2) is 9.50 Å². The number of hydrogen-bond acceptors (Lipinski definition) is 6. The van der Waals surface area contributed by atoms with Crippen LogP contribution < -0.4 is 5.32 Å². The standard InChI is InChI=1S/C16H18N4O2S/c21-13-3-1-12(2-4-13)14-10-20-16(18-14)23-15(19-20)17-9-11-5-7-22-8-6-11/h1-4,10-11,21H,5-9H2,(H,17,19). The summed E-state index contributed by atoms with van der Waals surface area (Å²) in [5.74, 6) is 0.917. The number of aromatic hydroxyl groups is 1. The van der Waals surface area contributed by atoms with Crippen LogP contribution in [0, 0.1) is 5.92 Å². The van der Waals surface area contributed by atoms with E-state index in [1.165, 1.54) is 0 Å². The van der Waals surface area contributed by atoms with Gasteiger partial charge in [0.05, 0.1) is 11.9 Å². The average molecular weight is 330 g/mol. The van der Waals surface area contributed by atoms with Crippen LogP contribution in [0.5, 0.6) is 5.75 Å². The predicted molar refractivity (Wildman–Crippen MR) is 90.0 cm³/mol. The van der Waals surface area contributed by atoms with Gasteiger partial charge in [-0.15, -0.1) is 5.10 Å². The van der Waals surface area contributed by atoms with Crippen LogP contribution in [0.3, 0.4) is 0 Å². The third kappa shape index (κ3) is 3.16. The van der Waals surface area contributed by atoms with E-state index in [1.807, 2.05) is 18.3 Å². The van der Waals surface area contributed by atoms with Crippen LogP contribution in [0.15, 0.2) is 30.5 Å². The van der Waals surface area contributed by atoms with Gasteiger partial charge < -0.3 is 15.2 Å². The van der Waals surface area contributed by atoms with E-state index in [0.29, 0.717) is 5.92 Å². The molecular formula is C16H18N4O2S. The third-order valence-corrected chi connectivity index (χ3v) is 4.97. The molecule has 6 nitrogen and oxygen atoms in total. The lowest BCUT2D eigenvalue weighted by Crippen LogP contribution is -2.22. The van der Waals surface area contributed by atoms with Crippen molar-refractivity contribution in [2.45, 2.75) is 12.8 Å². The van der Waals surface area contributed by atoms with E-state index < -0.39 is 0 Å². The van der Waals surface area contributed by atoms with Crippen LogP contribution in [-0.4, -0.2) is 39.5 Å². The smallest absolute Gasteiger partial charge is 0.214 e. The summed E-state index contributed by atoms with van der Waals surface area (Å²) in [4.78, 5) is 5.47. The Labute approximate surface area is 137 Å². The minimum absolute atomic E-state index is 0.257. The van der Waals surface area contributed by atoms with Gasteiger partial charge in [0, 0.05) is 25.3 Å². The molecule has 3 heterocycles. The highest BCUT2D eigenvalue weighted by Gasteiger charge is 2.15. The van der Waals surface area contributed by atoms with E-state index in [4.69, 9.17) is 4.74 Å². The summed E-state index contributed by atoms with van der Waals surface area (Å²) >= 11 is 1.55. The normalized spacial score (nSPS) is 16.0. The SMILES string of the molecule is Oc1ccc(-c2cn3nc(NCC4CCOCC4)sc3n2)cc1. The lowest BCUT2D eigenvalue weighted by atomic mass is 10.0. The van der Waals surface area contributed by atoms with Crippen molar-refractivity contribution in [2.24, 2.45) is 5.92 Å². The summed E-state index contributed by atoms with van der Waals surface area (Å²) < 4.78 is 7.18. The maximum atomic E-state index is 9.35. The lowest BCUT2D eigenvalue weighted by molar-refractivity contribution is 0.0699. The molecule has 1 aromatic carbocycles. The number of phenolic OH excluding ortho intramolecular Hbond substituents is 1. The first-order valence-electron chi connectivity index (χ1n) is 7.75. The third-order valence-electron chi connectivity index (χ3n) is 4.09. The first-order valence-corrected chi connectivity index (χ1v) is 8.57. The first kappa shape index (κ1) is 14.5. The van der Waals surface area contributed by atoms with Gasteiger partial charge >= 0.3 is 0 Å². The van der Waals surface area contributed by atoms with Gasteiger partial charge in [0.2, 0.25) is 10.1 Å². The second kappa shape index (κ2) is 6.17. The molecular weight excluding hydrogens is 312 g/mol. The number of imidazole rings is 1. The molecule has 7 heteroatoms. The average Bonchev–Trinajstić information content (AvgIpc) is 3.13. The molecule has 0 saturated carbocycles. The summed E-state index contributed by atoms with van der Waals surface area (Å²) in [7, 11) is 0. The summed E-state index contributed by atoms with van der Waals surface area (Å²) in [6, 6.07) is 7.03. The largest absolute Gasteiger partial charge is 0.508 e. The molecule has 23 heavy (non-hydrogen) atoms. The van der Waals surface area contributed by atoms with E-state index in [2.05, 4.69) is 15.4 Å². The van der Waals surface area contributed by atoms with E-state index >= 15 is 0 Å². The van der Waals surface area contributed by atoms with Crippen LogP contribution in [0.4, 0.5) is 5.13 Å². The number of nitrogens with one attached hydrogen (secondary N) is 1. The van der Waals surface area contributed by atoms with Crippen LogP contribution in [0.2, 0.25) is 0 Å². The zero-order valence-corrected chi connectivity index (χ0v) is 13.4. The predicted octanol–water partition coefficient (Wildman–Crippen LogP) is 3.00. The fourth-order valence-corrected chi connectivity index (χ4v) is 3.51. The minimum atomic E-state index is 0.257. The number of aromatic nitrogens is 3. The van der Waals surface area contributed by atoms with E-state index in [9.17, 15) is 5.11 Å². The summed E-state index contributed by atoms with van der Waals surface area (Å²) in [6.45, 7) is 2.66. The van der Waals surface area contributed by atoms with Crippen molar-refractivity contribution in [1.29, 1.82) is 0 Å². The molecule has 1 aliphatic rings. The molecule has 4 rings (SSSR count). The molecule has 120 valence electrons. The molecule has 0 spiro atoms. The number of benzene rings is 1. The Kier molecular flexibility index (Phi) is 3.88. The molecule has 0 atom stereocenters. The Morgan fingerprint density at radius 1 is 1.26 bits per heavy atom. The van der Waals surface area contributed by atoms with Gasteiger partial charge in [0.1, 0.15) is 5.75 Å². The molecule has 1 saturated heterocycles. The Morgan fingerprint density at radius 2 is 2.04 bits per heavy atom. The monoisotopic (exact) mass is 330 g/mol. The molecule has 2 aromatic heterocycles. The number of hydrogen-bond donors (Lipinski definition) is 2. The van der Waals surface area contributed by atoms with Gasteiger partial charge in [0.15, 0.2) is 0 Å². The molecule has 0 unspecified atom stereocenters. The zero-order chi connectivity index (χ0) is 15.6. The van der Waals surface area contributed by atoms with Crippen molar-refractivity contribution in [2.75, 3.05) is 25.1 Å². The van der Waals surface area contributed by atoms with Gasteiger partial charge in [-0.2, -0.15) is 0 Å². The van der Waals surface area contributed by atoms with E-state index in [-0.39, 0.29) is 5.75 Å². The zero-order valence-electron chi connectivity index (χ0n) is 12.6. The second-order valence-electron chi connectivity index (χ2n) is 5.74. The highest BCUT2D eigenvalue weighted by Crippen LogP contribution is 2.26. The number of phenols is 1. The summed E-state index contributed by atoms with van der Waals surface area (Å²) in [5.41, 5.74) is 1.83. The Bertz CT molecular complexity index is 759. The van der Waals surface area contributed by atoms with Crippen LogP contribution >= 0.6 is 11.3 Å². The van der Waals surface area contributed by atoms with E-state index in [0.717, 1.165) is 53.9 Å². The van der Waals surface area contributed by atoms with E-state index in [1.54, 1.807) is 28.0 Å². The number of rotatable bonds is 4. The molecule has 0 bridgehead atoms.